The summed E-state index contributed by atoms with van der Waals surface area (Å²) in [5, 5.41) is 0.663. The molecule has 0 amide bonds. The summed E-state index contributed by atoms with van der Waals surface area (Å²) in [6.45, 7) is 3.84. The maximum absolute atomic E-state index is 13.1. The van der Waals surface area contributed by atoms with E-state index in [0.29, 0.717) is 23.9 Å². The summed E-state index contributed by atoms with van der Waals surface area (Å²) in [7, 11) is 0. The largest absolute Gasteiger partial charge is 0.301 e. The summed E-state index contributed by atoms with van der Waals surface area (Å²) >= 11 is 1.44. The van der Waals surface area contributed by atoms with Gasteiger partial charge in [0.25, 0.3) is 5.56 Å². The maximum Gasteiger partial charge on any atom is 0.256 e. The molecule has 5 nitrogen and oxygen atoms in total. The number of aryl methyl sites for hydroxylation is 1. The first-order valence-electron chi connectivity index (χ1n) is 7.07. The quantitative estimate of drug-likeness (QED) is 0.532. The fourth-order valence-electron chi connectivity index (χ4n) is 2.66. The Labute approximate surface area is 132 Å². The lowest BCUT2D eigenvalue weighted by atomic mass is 10.1. The molecule has 0 fully saturated rings. The van der Waals surface area contributed by atoms with Crippen molar-refractivity contribution >= 4 is 11.8 Å². The van der Waals surface area contributed by atoms with Gasteiger partial charge in [-0.25, -0.2) is 9.97 Å². The number of pyridine rings is 1. The van der Waals surface area contributed by atoms with Gasteiger partial charge < -0.3 is 4.98 Å². The van der Waals surface area contributed by atoms with Crippen molar-refractivity contribution in [2.24, 2.45) is 0 Å². The molecule has 0 spiro atoms. The van der Waals surface area contributed by atoms with E-state index in [1.165, 1.54) is 17.8 Å². The van der Waals surface area contributed by atoms with Crippen molar-refractivity contribution in [2.75, 3.05) is 12.8 Å². The van der Waals surface area contributed by atoms with Crippen LogP contribution < -0.4 is 5.56 Å². The summed E-state index contributed by atoms with van der Waals surface area (Å²) in [6.07, 6.45) is 2.64. The minimum absolute atomic E-state index is 0.0620. The number of thioether (sulfide) groups is 1. The van der Waals surface area contributed by atoms with Crippen LogP contribution in [0.15, 0.2) is 22.1 Å². The molecule has 22 heavy (non-hydrogen) atoms. The van der Waals surface area contributed by atoms with Crippen molar-refractivity contribution in [2.45, 2.75) is 31.6 Å². The molecule has 0 saturated carbocycles. The average Bonchev–Trinajstić information content (AvgIpc) is 2.50. The first kappa shape index (κ1) is 15.2. The van der Waals surface area contributed by atoms with Crippen LogP contribution in [0.5, 0.6) is 0 Å². The second-order valence-electron chi connectivity index (χ2n) is 5.34. The van der Waals surface area contributed by atoms with E-state index in [1.54, 1.807) is 13.0 Å². The third-order valence-corrected chi connectivity index (χ3v) is 4.45. The highest BCUT2D eigenvalue weighted by Gasteiger charge is 2.21. The molecule has 0 saturated heterocycles. The Bertz CT molecular complexity index is 762. The molecule has 1 aliphatic heterocycles. The molecule has 1 N–H and O–H groups in total. The van der Waals surface area contributed by atoms with Crippen LogP contribution in [0, 0.1) is 12.9 Å². The summed E-state index contributed by atoms with van der Waals surface area (Å²) in [5.74, 6) is -0.463. The third kappa shape index (κ3) is 3.05. The maximum atomic E-state index is 13.1. The lowest BCUT2D eigenvalue weighted by Crippen LogP contribution is -2.35. The van der Waals surface area contributed by atoms with Crippen LogP contribution in [0.25, 0.3) is 0 Å². The number of aromatic nitrogens is 3. The molecule has 3 rings (SSSR count). The smallest absolute Gasteiger partial charge is 0.256 e. The minimum atomic E-state index is -0.463. The Morgan fingerprint density at radius 1 is 1.41 bits per heavy atom. The predicted octanol–water partition coefficient (Wildman–Crippen LogP) is 1.89. The molecular formula is C15H17FN4OS. The fraction of sp³-hybridized carbons (Fsp3) is 0.400. The molecule has 7 heteroatoms. The molecule has 3 heterocycles. The van der Waals surface area contributed by atoms with Crippen molar-refractivity contribution < 1.29 is 4.39 Å². The molecule has 0 bridgehead atoms. The van der Waals surface area contributed by atoms with Crippen molar-refractivity contribution in [1.29, 1.82) is 0 Å². The zero-order chi connectivity index (χ0) is 15.7. The highest BCUT2D eigenvalue weighted by Crippen LogP contribution is 2.19. The van der Waals surface area contributed by atoms with Crippen LogP contribution in [0.1, 0.15) is 22.5 Å². The number of H-pyrrole nitrogens is 1. The Balaban J connectivity index is 1.81. The number of fused-ring (bicyclic) bond motifs is 1. The number of nitrogens with zero attached hydrogens (tertiary/aromatic N) is 3. The zero-order valence-corrected chi connectivity index (χ0v) is 13.3. The second-order valence-corrected chi connectivity index (χ2v) is 6.13. The van der Waals surface area contributed by atoms with Gasteiger partial charge in [0.1, 0.15) is 0 Å². The second kappa shape index (κ2) is 6.18. The van der Waals surface area contributed by atoms with Crippen LogP contribution in [0.3, 0.4) is 0 Å². The van der Waals surface area contributed by atoms with Gasteiger partial charge in [-0.05, 0) is 24.8 Å². The van der Waals surface area contributed by atoms with Crippen LogP contribution in [-0.2, 0) is 19.5 Å². The SMILES string of the molecule is CSc1nc2c(c(=O)[nH]1)CN(Cc1ccc(F)nc1C)CC2. The van der Waals surface area contributed by atoms with Crippen LogP contribution in [0.4, 0.5) is 4.39 Å². The van der Waals surface area contributed by atoms with Gasteiger partial charge in [-0.15, -0.1) is 0 Å². The number of aromatic amines is 1. The third-order valence-electron chi connectivity index (χ3n) is 3.87. The Morgan fingerprint density at radius 2 is 2.23 bits per heavy atom. The monoisotopic (exact) mass is 320 g/mol. The minimum Gasteiger partial charge on any atom is -0.301 e. The van der Waals surface area contributed by atoms with E-state index in [9.17, 15) is 9.18 Å². The number of rotatable bonds is 3. The number of nitrogens with one attached hydrogen (secondary N) is 1. The fourth-order valence-corrected chi connectivity index (χ4v) is 3.05. The van der Waals surface area contributed by atoms with E-state index < -0.39 is 5.95 Å². The molecule has 1 aliphatic rings. The highest BCUT2D eigenvalue weighted by atomic mass is 32.2. The molecule has 0 aromatic carbocycles. The van der Waals surface area contributed by atoms with Gasteiger partial charge in [0.15, 0.2) is 5.16 Å². The van der Waals surface area contributed by atoms with Gasteiger partial charge >= 0.3 is 0 Å². The van der Waals surface area contributed by atoms with Crippen LogP contribution in [0.2, 0.25) is 0 Å². The van der Waals surface area contributed by atoms with Crippen molar-refractivity contribution in [1.82, 2.24) is 19.9 Å². The zero-order valence-electron chi connectivity index (χ0n) is 12.5. The van der Waals surface area contributed by atoms with E-state index in [0.717, 1.165) is 29.8 Å². The molecule has 116 valence electrons. The van der Waals surface area contributed by atoms with Crippen molar-refractivity contribution in [3.8, 4) is 0 Å². The lowest BCUT2D eigenvalue weighted by molar-refractivity contribution is 0.240. The number of hydrogen-bond donors (Lipinski definition) is 1. The van der Waals surface area contributed by atoms with Crippen LogP contribution >= 0.6 is 11.8 Å². The van der Waals surface area contributed by atoms with Gasteiger partial charge in [-0.1, -0.05) is 17.8 Å². The predicted molar refractivity (Wildman–Crippen MR) is 83.4 cm³/mol. The van der Waals surface area contributed by atoms with E-state index in [1.807, 2.05) is 6.26 Å². The van der Waals surface area contributed by atoms with Crippen molar-refractivity contribution in [3.05, 3.63) is 50.9 Å². The Kier molecular flexibility index (Phi) is 4.26. The normalized spacial score (nSPS) is 14.9. The van der Waals surface area contributed by atoms with E-state index >= 15 is 0 Å². The molecule has 0 unspecified atom stereocenters. The number of hydrogen-bond acceptors (Lipinski definition) is 5. The topological polar surface area (TPSA) is 61.9 Å². The van der Waals surface area contributed by atoms with Gasteiger partial charge in [0, 0.05) is 31.7 Å². The summed E-state index contributed by atoms with van der Waals surface area (Å²) in [4.78, 5) is 25.4. The van der Waals surface area contributed by atoms with E-state index in [2.05, 4.69) is 19.9 Å². The lowest BCUT2D eigenvalue weighted by Gasteiger charge is -2.28. The summed E-state index contributed by atoms with van der Waals surface area (Å²) in [6, 6.07) is 3.13. The Morgan fingerprint density at radius 3 is 2.95 bits per heavy atom. The first-order chi connectivity index (χ1) is 10.6. The molecule has 0 radical (unpaired) electrons. The van der Waals surface area contributed by atoms with E-state index in [4.69, 9.17) is 0 Å². The molecule has 2 aromatic rings. The van der Waals surface area contributed by atoms with Gasteiger partial charge in [-0.2, -0.15) is 4.39 Å². The first-order valence-corrected chi connectivity index (χ1v) is 8.29. The summed E-state index contributed by atoms with van der Waals surface area (Å²) < 4.78 is 13.1. The molecular weight excluding hydrogens is 303 g/mol. The van der Waals surface area contributed by atoms with E-state index in [-0.39, 0.29) is 5.56 Å². The number of halogens is 1. The van der Waals surface area contributed by atoms with Gasteiger partial charge in [0.05, 0.1) is 11.3 Å². The molecule has 0 atom stereocenters. The van der Waals surface area contributed by atoms with Crippen LogP contribution in [-0.4, -0.2) is 32.7 Å². The van der Waals surface area contributed by atoms with Gasteiger partial charge in [-0.3, -0.25) is 9.69 Å². The van der Waals surface area contributed by atoms with Crippen molar-refractivity contribution in [3.63, 3.8) is 0 Å². The highest BCUT2D eigenvalue weighted by molar-refractivity contribution is 7.98. The van der Waals surface area contributed by atoms with Gasteiger partial charge in [0.2, 0.25) is 5.95 Å². The molecule has 2 aromatic heterocycles. The summed E-state index contributed by atoms with van der Waals surface area (Å²) in [5.41, 5.74) is 3.23. The Hall–Kier alpha value is -1.73. The standard InChI is InChI=1S/C15H17FN4OS/c1-9-10(3-4-13(16)17-9)7-20-6-5-12-11(8-20)14(21)19-15(18-12)22-2/h3-4H,5-8H2,1-2H3,(H,18,19,21). The molecule has 0 aliphatic carbocycles. The average molecular weight is 320 g/mol.